The summed E-state index contributed by atoms with van der Waals surface area (Å²) >= 11 is 3.15. The minimum Gasteiger partial charge on any atom is -0.463 e. The summed E-state index contributed by atoms with van der Waals surface area (Å²) in [6, 6.07) is 0. The summed E-state index contributed by atoms with van der Waals surface area (Å²) in [6.45, 7) is 4.30. The molecule has 8 heavy (non-hydrogen) atoms. The molecule has 0 aromatic heterocycles. The second-order valence-electron chi connectivity index (χ2n) is 1.29. The minimum absolute atomic E-state index is 0.314. The molecule has 0 heterocycles. The third-order valence-electron chi connectivity index (χ3n) is 0.544. The van der Waals surface area contributed by atoms with Gasteiger partial charge in [0.05, 0.1) is 0 Å². The van der Waals surface area contributed by atoms with E-state index in [-0.39, 0.29) is 0 Å². The van der Waals surface area contributed by atoms with Gasteiger partial charge in [-0.3, -0.25) is 4.79 Å². The average molecular weight is 179 g/mol. The molecule has 0 saturated heterocycles. The Balaban J connectivity index is 3.11. The van der Waals surface area contributed by atoms with E-state index in [2.05, 4.69) is 27.2 Å². The number of hydrogen-bond donors (Lipinski definition) is 0. The maximum absolute atomic E-state index is 9.55. The van der Waals surface area contributed by atoms with E-state index >= 15 is 0 Å². The smallest absolute Gasteiger partial charge is 0.293 e. The highest BCUT2D eigenvalue weighted by atomic mass is 79.9. The number of carbonyl (C=O) groups excluding carboxylic acids is 1. The van der Waals surface area contributed by atoms with Crippen LogP contribution in [0.1, 0.15) is 0 Å². The second kappa shape index (κ2) is 4.84. The summed E-state index contributed by atoms with van der Waals surface area (Å²) in [5, 5.41) is 0.681. The van der Waals surface area contributed by atoms with E-state index < -0.39 is 0 Å². The molecule has 0 N–H and O–H groups in total. The summed E-state index contributed by atoms with van der Waals surface area (Å²) < 4.78 is 4.38. The summed E-state index contributed by atoms with van der Waals surface area (Å²) in [6.07, 6.45) is 0. The van der Waals surface area contributed by atoms with E-state index in [1.807, 2.05) is 0 Å². The maximum atomic E-state index is 9.55. The fourth-order valence-electron chi connectivity index (χ4n) is 0.190. The van der Waals surface area contributed by atoms with Gasteiger partial charge in [0.15, 0.2) is 0 Å². The Morgan fingerprint density at radius 3 is 2.88 bits per heavy atom. The van der Waals surface area contributed by atoms with Crippen LogP contribution in [-0.4, -0.2) is 18.4 Å². The zero-order valence-corrected chi connectivity index (χ0v) is 5.98. The standard InChI is InChI=1S/C5H7BrO2/c1-5(2-6)3-8-4-7/h4H,1-3H2. The molecule has 0 fully saturated rings. The summed E-state index contributed by atoms with van der Waals surface area (Å²) in [4.78, 5) is 9.55. The van der Waals surface area contributed by atoms with Crippen molar-refractivity contribution in [3.05, 3.63) is 12.2 Å². The number of alkyl halides is 1. The maximum Gasteiger partial charge on any atom is 0.293 e. The van der Waals surface area contributed by atoms with Crippen molar-refractivity contribution in [1.29, 1.82) is 0 Å². The molecule has 0 unspecified atom stereocenters. The Kier molecular flexibility index (Phi) is 4.65. The zero-order valence-electron chi connectivity index (χ0n) is 4.39. The lowest BCUT2D eigenvalue weighted by molar-refractivity contribution is -0.127. The second-order valence-corrected chi connectivity index (χ2v) is 1.85. The van der Waals surface area contributed by atoms with E-state index in [0.29, 0.717) is 18.4 Å². The van der Waals surface area contributed by atoms with Gasteiger partial charge >= 0.3 is 0 Å². The SMILES string of the molecule is C=C(CBr)COC=O. The molecule has 0 atom stereocenters. The fraction of sp³-hybridized carbons (Fsp3) is 0.400. The Labute approximate surface area is 56.7 Å². The van der Waals surface area contributed by atoms with Crippen LogP contribution < -0.4 is 0 Å². The topological polar surface area (TPSA) is 26.3 Å². The van der Waals surface area contributed by atoms with Gasteiger partial charge in [-0.1, -0.05) is 22.5 Å². The van der Waals surface area contributed by atoms with Crippen LogP contribution in [0.25, 0.3) is 0 Å². The van der Waals surface area contributed by atoms with Gasteiger partial charge in [-0.25, -0.2) is 0 Å². The fourth-order valence-corrected chi connectivity index (χ4v) is 0.352. The molecule has 0 aromatic carbocycles. The van der Waals surface area contributed by atoms with Crippen LogP contribution >= 0.6 is 15.9 Å². The van der Waals surface area contributed by atoms with Crippen molar-refractivity contribution in [2.45, 2.75) is 0 Å². The van der Waals surface area contributed by atoms with Gasteiger partial charge < -0.3 is 4.74 Å². The number of hydrogen-bond acceptors (Lipinski definition) is 2. The van der Waals surface area contributed by atoms with Crippen LogP contribution in [0.4, 0.5) is 0 Å². The molecule has 0 aromatic rings. The van der Waals surface area contributed by atoms with Crippen molar-refractivity contribution in [3.8, 4) is 0 Å². The first kappa shape index (κ1) is 7.69. The monoisotopic (exact) mass is 178 g/mol. The average Bonchev–Trinajstić information content (AvgIpc) is 1.83. The molecule has 0 bridgehead atoms. The van der Waals surface area contributed by atoms with Crippen molar-refractivity contribution in [2.24, 2.45) is 0 Å². The molecule has 0 radical (unpaired) electrons. The number of halogens is 1. The van der Waals surface area contributed by atoms with E-state index in [1.165, 1.54) is 0 Å². The van der Waals surface area contributed by atoms with Crippen molar-refractivity contribution in [1.82, 2.24) is 0 Å². The van der Waals surface area contributed by atoms with Crippen molar-refractivity contribution >= 4 is 22.4 Å². The molecular formula is C5H7BrO2. The number of carbonyl (C=O) groups is 1. The van der Waals surface area contributed by atoms with E-state index in [0.717, 1.165) is 5.57 Å². The lowest BCUT2D eigenvalue weighted by Crippen LogP contribution is -1.94. The van der Waals surface area contributed by atoms with Crippen LogP contribution in [0.15, 0.2) is 12.2 Å². The largest absolute Gasteiger partial charge is 0.463 e. The van der Waals surface area contributed by atoms with Gasteiger partial charge in [-0.15, -0.1) is 0 Å². The molecule has 0 aliphatic carbocycles. The Morgan fingerprint density at radius 2 is 2.50 bits per heavy atom. The normalized spacial score (nSPS) is 8.12. The van der Waals surface area contributed by atoms with Crippen LogP contribution in [-0.2, 0) is 9.53 Å². The summed E-state index contributed by atoms with van der Waals surface area (Å²) in [5.74, 6) is 0. The first-order chi connectivity index (χ1) is 3.81. The molecule has 0 spiro atoms. The van der Waals surface area contributed by atoms with E-state index in [4.69, 9.17) is 0 Å². The molecule has 0 rings (SSSR count). The van der Waals surface area contributed by atoms with E-state index in [1.54, 1.807) is 0 Å². The third-order valence-corrected chi connectivity index (χ3v) is 1.34. The van der Waals surface area contributed by atoms with Gasteiger partial charge in [0.1, 0.15) is 6.61 Å². The molecule has 0 amide bonds. The first-order valence-electron chi connectivity index (χ1n) is 2.09. The number of ether oxygens (including phenoxy) is 1. The summed E-state index contributed by atoms with van der Waals surface area (Å²) in [5.41, 5.74) is 0.858. The predicted octanol–water partition coefficient (Wildman–Crippen LogP) is 1.11. The van der Waals surface area contributed by atoms with Crippen LogP contribution in [0.2, 0.25) is 0 Å². The quantitative estimate of drug-likeness (QED) is 0.367. The highest BCUT2D eigenvalue weighted by molar-refractivity contribution is 9.09. The van der Waals surface area contributed by atoms with Gasteiger partial charge in [0.25, 0.3) is 6.47 Å². The highest BCUT2D eigenvalue weighted by Crippen LogP contribution is 1.94. The van der Waals surface area contributed by atoms with Crippen LogP contribution in [0.3, 0.4) is 0 Å². The van der Waals surface area contributed by atoms with Gasteiger partial charge in [0, 0.05) is 5.33 Å². The van der Waals surface area contributed by atoms with Gasteiger partial charge in [0.2, 0.25) is 0 Å². The third kappa shape index (κ3) is 3.87. The minimum atomic E-state index is 0.314. The Morgan fingerprint density at radius 1 is 1.88 bits per heavy atom. The van der Waals surface area contributed by atoms with Gasteiger partial charge in [-0.2, -0.15) is 0 Å². The lowest BCUT2D eigenvalue weighted by Gasteiger charge is -1.95. The Hall–Kier alpha value is -0.310. The lowest BCUT2D eigenvalue weighted by atomic mass is 10.4. The predicted molar refractivity (Wildman–Crippen MR) is 35.0 cm³/mol. The van der Waals surface area contributed by atoms with Crippen molar-refractivity contribution in [2.75, 3.05) is 11.9 Å². The molecule has 0 aliphatic heterocycles. The van der Waals surface area contributed by atoms with Crippen LogP contribution in [0, 0.1) is 0 Å². The zero-order chi connectivity index (χ0) is 6.41. The molecule has 46 valence electrons. The van der Waals surface area contributed by atoms with Crippen molar-refractivity contribution < 1.29 is 9.53 Å². The summed E-state index contributed by atoms with van der Waals surface area (Å²) in [7, 11) is 0. The molecule has 3 heteroatoms. The highest BCUT2D eigenvalue weighted by Gasteiger charge is 1.87. The number of rotatable bonds is 4. The molecule has 2 nitrogen and oxygen atoms in total. The van der Waals surface area contributed by atoms with E-state index in [9.17, 15) is 4.79 Å². The van der Waals surface area contributed by atoms with Gasteiger partial charge in [-0.05, 0) is 5.57 Å². The molecule has 0 saturated carbocycles. The molecular weight excluding hydrogens is 172 g/mol. The Bertz CT molecular complexity index is 90.4. The molecule has 0 aliphatic rings. The van der Waals surface area contributed by atoms with Crippen molar-refractivity contribution in [3.63, 3.8) is 0 Å². The van der Waals surface area contributed by atoms with Crippen LogP contribution in [0.5, 0.6) is 0 Å². The first-order valence-corrected chi connectivity index (χ1v) is 3.21.